The molecule has 21 heavy (non-hydrogen) atoms. The summed E-state index contributed by atoms with van der Waals surface area (Å²) >= 11 is 0. The van der Waals surface area contributed by atoms with Crippen LogP contribution in [0.1, 0.15) is 47.5 Å². The Kier molecular flexibility index (Phi) is 7.99. The molecule has 0 saturated carbocycles. The van der Waals surface area contributed by atoms with Gasteiger partial charge in [0.05, 0.1) is 19.6 Å². The fraction of sp³-hybridized carbons (Fsp3) is 0.800. The molecule has 0 bridgehead atoms. The van der Waals surface area contributed by atoms with E-state index in [9.17, 15) is 14.4 Å². The van der Waals surface area contributed by atoms with Crippen LogP contribution >= 0.6 is 0 Å². The first kappa shape index (κ1) is 19.4. The number of hydrogen-bond donors (Lipinski definition) is 1. The van der Waals surface area contributed by atoms with Crippen LogP contribution in [0.15, 0.2) is 0 Å². The van der Waals surface area contributed by atoms with E-state index in [0.29, 0.717) is 0 Å². The van der Waals surface area contributed by atoms with Crippen molar-refractivity contribution in [1.82, 2.24) is 5.32 Å². The molecule has 0 aromatic heterocycles. The second-order valence-corrected chi connectivity index (χ2v) is 6.11. The van der Waals surface area contributed by atoms with E-state index in [1.165, 1.54) is 7.11 Å². The molecule has 0 aliphatic rings. The van der Waals surface area contributed by atoms with Gasteiger partial charge in [0.2, 0.25) is 0 Å². The summed E-state index contributed by atoms with van der Waals surface area (Å²) in [5.41, 5.74) is -0.613. The molecule has 0 rings (SSSR count). The zero-order chi connectivity index (χ0) is 16.6. The summed E-state index contributed by atoms with van der Waals surface area (Å²) in [7, 11) is 1.31. The minimum Gasteiger partial charge on any atom is -0.469 e. The molecule has 0 aromatic rings. The molecule has 122 valence electrons. The Morgan fingerprint density at radius 2 is 1.76 bits per heavy atom. The normalized spacial score (nSPS) is 14.0. The molecule has 0 heterocycles. The van der Waals surface area contributed by atoms with Crippen LogP contribution < -0.4 is 5.32 Å². The topological polar surface area (TPSA) is 81.7 Å². The lowest BCUT2D eigenvalue weighted by atomic mass is 9.87. The van der Waals surface area contributed by atoms with Crippen molar-refractivity contribution in [1.29, 1.82) is 0 Å². The third kappa shape index (κ3) is 8.32. The van der Waals surface area contributed by atoms with Crippen LogP contribution in [0.2, 0.25) is 0 Å². The van der Waals surface area contributed by atoms with E-state index < -0.39 is 23.6 Å². The predicted octanol–water partition coefficient (Wildman–Crippen LogP) is 2.31. The third-order valence-electron chi connectivity index (χ3n) is 3.11. The van der Waals surface area contributed by atoms with E-state index in [1.54, 1.807) is 20.8 Å². The molecular formula is C15H27NO5. The van der Waals surface area contributed by atoms with Gasteiger partial charge in [0, 0.05) is 6.42 Å². The second kappa shape index (κ2) is 8.64. The predicted molar refractivity (Wildman–Crippen MR) is 78.8 cm³/mol. The maximum absolute atomic E-state index is 11.9. The number of Topliss-reactive ketones (excluding diaryl/α,β-unsaturated/α-hetero) is 1. The van der Waals surface area contributed by atoms with Gasteiger partial charge in [0.1, 0.15) is 5.60 Å². The van der Waals surface area contributed by atoms with Crippen LogP contribution in [0.5, 0.6) is 0 Å². The van der Waals surface area contributed by atoms with Gasteiger partial charge in [-0.05, 0) is 26.7 Å². The summed E-state index contributed by atoms with van der Waals surface area (Å²) in [5.74, 6) is -1.05. The van der Waals surface area contributed by atoms with Gasteiger partial charge >= 0.3 is 12.1 Å². The largest absolute Gasteiger partial charge is 0.469 e. The summed E-state index contributed by atoms with van der Waals surface area (Å²) in [6.45, 7) is 8.92. The van der Waals surface area contributed by atoms with Crippen molar-refractivity contribution in [3.8, 4) is 0 Å². The lowest BCUT2D eigenvalue weighted by Gasteiger charge is -2.21. The number of alkyl carbamates (subject to hydrolysis) is 1. The average molecular weight is 301 g/mol. The van der Waals surface area contributed by atoms with Gasteiger partial charge < -0.3 is 14.8 Å². The Hall–Kier alpha value is -1.59. The van der Waals surface area contributed by atoms with Crippen LogP contribution in [0.25, 0.3) is 0 Å². The summed E-state index contributed by atoms with van der Waals surface area (Å²) < 4.78 is 9.76. The maximum Gasteiger partial charge on any atom is 0.408 e. The molecule has 0 aliphatic heterocycles. The van der Waals surface area contributed by atoms with E-state index >= 15 is 0 Å². The number of ketones is 1. The zero-order valence-electron chi connectivity index (χ0n) is 13.8. The van der Waals surface area contributed by atoms with Crippen molar-refractivity contribution in [3.05, 3.63) is 0 Å². The fourth-order valence-corrected chi connectivity index (χ4v) is 1.76. The van der Waals surface area contributed by atoms with Crippen LogP contribution in [0.4, 0.5) is 4.79 Å². The standard InChI is InChI=1S/C15H27NO5/c1-7-10(2)12(13(18)20-6)8-11(17)9-16-14(19)21-15(3,4)5/h10,12H,7-9H2,1-6H3,(H,16,19)/t10-,12-/m0/s1. The Bertz CT molecular complexity index is 373. The van der Waals surface area contributed by atoms with Crippen molar-refractivity contribution in [2.45, 2.75) is 53.1 Å². The molecule has 0 spiro atoms. The Balaban J connectivity index is 4.39. The van der Waals surface area contributed by atoms with E-state index in [2.05, 4.69) is 5.32 Å². The van der Waals surface area contributed by atoms with Crippen LogP contribution in [-0.2, 0) is 19.1 Å². The molecule has 0 saturated heterocycles. The summed E-state index contributed by atoms with van der Waals surface area (Å²) in [6, 6.07) is 0. The molecule has 6 heteroatoms. The van der Waals surface area contributed by atoms with Crippen molar-refractivity contribution in [3.63, 3.8) is 0 Å². The first-order chi connectivity index (χ1) is 9.60. The molecule has 1 amide bonds. The van der Waals surface area contributed by atoms with E-state index in [-0.39, 0.29) is 24.7 Å². The first-order valence-corrected chi connectivity index (χ1v) is 7.17. The number of methoxy groups -OCH3 is 1. The summed E-state index contributed by atoms with van der Waals surface area (Å²) in [5, 5.41) is 2.40. The van der Waals surface area contributed by atoms with Gasteiger partial charge in [-0.25, -0.2) is 4.79 Å². The smallest absolute Gasteiger partial charge is 0.408 e. The van der Waals surface area contributed by atoms with E-state index in [0.717, 1.165) is 6.42 Å². The number of rotatable bonds is 7. The molecule has 6 nitrogen and oxygen atoms in total. The SMILES string of the molecule is CC[C@H](C)[C@H](CC(=O)CNC(=O)OC(C)(C)C)C(=O)OC. The van der Waals surface area contributed by atoms with Gasteiger partial charge in [0.15, 0.2) is 5.78 Å². The number of esters is 1. The Morgan fingerprint density at radius 3 is 2.19 bits per heavy atom. The summed E-state index contributed by atoms with van der Waals surface area (Å²) in [6.07, 6.45) is 0.179. The van der Waals surface area contributed by atoms with Gasteiger partial charge in [-0.3, -0.25) is 9.59 Å². The highest BCUT2D eigenvalue weighted by Gasteiger charge is 2.27. The van der Waals surface area contributed by atoms with E-state index in [1.807, 2.05) is 13.8 Å². The highest BCUT2D eigenvalue weighted by atomic mass is 16.6. The van der Waals surface area contributed by atoms with Gasteiger partial charge in [-0.1, -0.05) is 20.3 Å². The molecule has 0 radical (unpaired) electrons. The molecule has 0 fully saturated rings. The number of ether oxygens (including phenoxy) is 2. The number of carbonyl (C=O) groups excluding carboxylic acids is 3. The van der Waals surface area contributed by atoms with Crippen molar-refractivity contribution < 1.29 is 23.9 Å². The molecule has 2 atom stereocenters. The quantitative estimate of drug-likeness (QED) is 0.730. The van der Waals surface area contributed by atoms with Crippen molar-refractivity contribution in [2.75, 3.05) is 13.7 Å². The molecule has 0 aromatic carbocycles. The number of amides is 1. The van der Waals surface area contributed by atoms with Crippen molar-refractivity contribution in [2.24, 2.45) is 11.8 Å². The number of hydrogen-bond acceptors (Lipinski definition) is 5. The minimum absolute atomic E-state index is 0.0444. The first-order valence-electron chi connectivity index (χ1n) is 7.17. The molecule has 1 N–H and O–H groups in total. The Labute approximate surface area is 126 Å². The summed E-state index contributed by atoms with van der Waals surface area (Å²) in [4.78, 5) is 35.0. The highest BCUT2D eigenvalue weighted by Crippen LogP contribution is 2.20. The monoisotopic (exact) mass is 301 g/mol. The number of carbonyl (C=O) groups is 3. The highest BCUT2D eigenvalue weighted by molar-refractivity contribution is 5.87. The van der Waals surface area contributed by atoms with Crippen LogP contribution in [-0.4, -0.2) is 37.1 Å². The van der Waals surface area contributed by atoms with E-state index in [4.69, 9.17) is 9.47 Å². The minimum atomic E-state index is -0.644. The maximum atomic E-state index is 11.9. The van der Waals surface area contributed by atoms with Gasteiger partial charge in [0.25, 0.3) is 0 Å². The molecule has 0 aliphatic carbocycles. The fourth-order valence-electron chi connectivity index (χ4n) is 1.76. The number of nitrogens with one attached hydrogen (secondary N) is 1. The van der Waals surface area contributed by atoms with Gasteiger partial charge in [-0.2, -0.15) is 0 Å². The lowest BCUT2D eigenvalue weighted by Crippen LogP contribution is -2.37. The van der Waals surface area contributed by atoms with Crippen molar-refractivity contribution >= 4 is 17.8 Å². The van der Waals surface area contributed by atoms with Crippen LogP contribution in [0, 0.1) is 11.8 Å². The molecule has 0 unspecified atom stereocenters. The zero-order valence-corrected chi connectivity index (χ0v) is 13.8. The van der Waals surface area contributed by atoms with Crippen LogP contribution in [0.3, 0.4) is 0 Å². The lowest BCUT2D eigenvalue weighted by molar-refractivity contribution is -0.149. The van der Waals surface area contributed by atoms with Gasteiger partial charge in [-0.15, -0.1) is 0 Å². The second-order valence-electron chi connectivity index (χ2n) is 6.11. The third-order valence-corrected chi connectivity index (χ3v) is 3.11. The Morgan fingerprint density at radius 1 is 1.19 bits per heavy atom. The average Bonchev–Trinajstić information content (AvgIpc) is 2.38. The molecular weight excluding hydrogens is 274 g/mol.